The third-order valence-corrected chi connectivity index (χ3v) is 1.40. The Hall–Kier alpha value is -0.790. The summed E-state index contributed by atoms with van der Waals surface area (Å²) in [4.78, 5) is 1.06. The van der Waals surface area contributed by atoms with Crippen LogP contribution in [0.2, 0.25) is 0 Å². The van der Waals surface area contributed by atoms with Gasteiger partial charge in [-0.05, 0) is 24.5 Å². The summed E-state index contributed by atoms with van der Waals surface area (Å²) in [7, 11) is 0. The molecule has 0 aliphatic rings. The highest BCUT2D eigenvalue weighted by Gasteiger charge is 1.78. The number of hydrogen-bond acceptors (Lipinski definition) is 1. The highest BCUT2D eigenvalue weighted by molar-refractivity contribution is 7.98. The standard InChI is InChI=1S/C7H4S/c1-8-7-5-3-2-4-6-7/h5H,1H3. The third kappa shape index (κ3) is 1.09. The Morgan fingerprint density at radius 2 is 2.38 bits per heavy atom. The Balaban J connectivity index is 2.83. The number of hydrogen-bond donors (Lipinski definition) is 0. The van der Waals surface area contributed by atoms with Crippen molar-refractivity contribution in [3.63, 3.8) is 0 Å². The summed E-state index contributed by atoms with van der Waals surface area (Å²) in [6.07, 6.45) is 1.99. The van der Waals surface area contributed by atoms with Gasteiger partial charge in [0.2, 0.25) is 0 Å². The van der Waals surface area contributed by atoms with E-state index in [1.165, 1.54) is 0 Å². The first-order valence-corrected chi connectivity index (χ1v) is 3.41. The molecule has 0 radical (unpaired) electrons. The van der Waals surface area contributed by atoms with Crippen molar-refractivity contribution in [3.05, 3.63) is 30.3 Å². The zero-order chi connectivity index (χ0) is 5.82. The van der Waals surface area contributed by atoms with Gasteiger partial charge in [0.1, 0.15) is 0 Å². The van der Waals surface area contributed by atoms with Crippen LogP contribution >= 0.6 is 11.8 Å². The van der Waals surface area contributed by atoms with E-state index >= 15 is 0 Å². The minimum Gasteiger partial charge on any atom is -0.120 e. The monoisotopic (exact) mass is 120 g/mol. The molecule has 38 valence electrons. The smallest absolute Gasteiger partial charge is 0.0665 e. The van der Waals surface area contributed by atoms with Crippen LogP contribution in [0.1, 0.15) is 0 Å². The van der Waals surface area contributed by atoms with E-state index in [-0.39, 0.29) is 0 Å². The maximum absolute atomic E-state index is 2.87. The Kier molecular flexibility index (Phi) is 1.67. The lowest BCUT2D eigenvalue weighted by Gasteiger charge is -1.80. The first-order valence-electron chi connectivity index (χ1n) is 2.19. The predicted octanol–water partition coefficient (Wildman–Crippen LogP) is 1.61. The van der Waals surface area contributed by atoms with E-state index in [0.717, 1.165) is 4.90 Å². The fourth-order valence-electron chi connectivity index (χ4n) is 0.377. The first-order chi connectivity index (χ1) is 3.93. The molecular weight excluding hydrogens is 116 g/mol. The van der Waals surface area contributed by atoms with Gasteiger partial charge in [0.15, 0.2) is 0 Å². The summed E-state index contributed by atoms with van der Waals surface area (Å²) in [5, 5.41) is 0. The van der Waals surface area contributed by atoms with Gasteiger partial charge in [-0.1, -0.05) is 6.07 Å². The molecule has 0 bridgehead atoms. The van der Waals surface area contributed by atoms with Gasteiger partial charge in [0.25, 0.3) is 0 Å². The number of rotatable bonds is 1. The third-order valence-electron chi connectivity index (χ3n) is 0.744. The molecule has 1 rings (SSSR count). The minimum atomic E-state index is 1.06. The van der Waals surface area contributed by atoms with Gasteiger partial charge in [-0.2, -0.15) is 0 Å². The van der Waals surface area contributed by atoms with E-state index in [2.05, 4.69) is 24.3 Å². The first kappa shape index (κ1) is 5.35. The van der Waals surface area contributed by atoms with Crippen LogP contribution < -0.4 is 0 Å². The maximum atomic E-state index is 2.87. The van der Waals surface area contributed by atoms with Crippen molar-refractivity contribution in [2.75, 3.05) is 6.26 Å². The average Bonchev–Trinajstić information content (AvgIpc) is 1.90. The Labute approximate surface area is 53.9 Å². The zero-order valence-electron chi connectivity index (χ0n) is 4.49. The normalized spacial score (nSPS) is 7.12. The second-order valence-electron chi connectivity index (χ2n) is 1.23. The van der Waals surface area contributed by atoms with Crippen molar-refractivity contribution in [2.45, 2.75) is 4.90 Å². The molecule has 1 heteroatoms. The molecule has 0 N–H and O–H groups in total. The molecule has 1 aromatic rings. The van der Waals surface area contributed by atoms with Crippen molar-refractivity contribution in [2.24, 2.45) is 0 Å². The van der Waals surface area contributed by atoms with Crippen LogP contribution in [0.4, 0.5) is 0 Å². The second kappa shape index (κ2) is 2.50. The predicted molar refractivity (Wildman–Crippen MR) is 33.6 cm³/mol. The lowest BCUT2D eigenvalue weighted by Crippen LogP contribution is -1.57. The topological polar surface area (TPSA) is 0 Å². The fraction of sp³-hybridized carbons (Fsp3) is 0.143. The van der Waals surface area contributed by atoms with Gasteiger partial charge in [-0.3, -0.25) is 0 Å². The zero-order valence-corrected chi connectivity index (χ0v) is 5.30. The van der Waals surface area contributed by atoms with Gasteiger partial charge in [0.05, 0.1) is 4.90 Å². The van der Waals surface area contributed by atoms with Crippen molar-refractivity contribution in [1.82, 2.24) is 0 Å². The molecule has 0 saturated heterocycles. The maximum Gasteiger partial charge on any atom is 0.0665 e. The van der Waals surface area contributed by atoms with Crippen LogP contribution in [-0.4, -0.2) is 6.26 Å². The Morgan fingerprint density at radius 3 is 2.75 bits per heavy atom. The molecule has 0 aliphatic carbocycles. The summed E-state index contributed by atoms with van der Waals surface area (Å²) >= 11 is 1.63. The highest BCUT2D eigenvalue weighted by atomic mass is 32.2. The van der Waals surface area contributed by atoms with Crippen LogP contribution in [-0.2, 0) is 0 Å². The lowest BCUT2D eigenvalue weighted by atomic mass is 10.5. The molecule has 0 fully saturated rings. The highest BCUT2D eigenvalue weighted by Crippen LogP contribution is 2.06. The van der Waals surface area contributed by atoms with Crippen molar-refractivity contribution >= 4 is 11.8 Å². The van der Waals surface area contributed by atoms with Gasteiger partial charge in [0, 0.05) is 6.07 Å². The minimum absolute atomic E-state index is 1.06. The molecular formula is C7H4S. The van der Waals surface area contributed by atoms with Gasteiger partial charge in [-0.15, -0.1) is 11.8 Å². The second-order valence-corrected chi connectivity index (χ2v) is 2.08. The molecule has 0 saturated carbocycles. The molecule has 1 aromatic carbocycles. The Bertz CT molecular complexity index is 146. The van der Waals surface area contributed by atoms with Gasteiger partial charge in [-0.25, -0.2) is 0 Å². The SMILES string of the molecule is CSc1c#cc#cc1. The Morgan fingerprint density at radius 1 is 1.50 bits per heavy atom. The van der Waals surface area contributed by atoms with E-state index in [0.29, 0.717) is 0 Å². The average molecular weight is 120 g/mol. The molecule has 0 aromatic heterocycles. The fourth-order valence-corrected chi connectivity index (χ4v) is 0.706. The summed E-state index contributed by atoms with van der Waals surface area (Å²) < 4.78 is 0. The molecule has 0 unspecified atom stereocenters. The van der Waals surface area contributed by atoms with E-state index < -0.39 is 0 Å². The van der Waals surface area contributed by atoms with Crippen LogP contribution in [0, 0.1) is 24.3 Å². The van der Waals surface area contributed by atoms with Crippen LogP contribution in [0.25, 0.3) is 0 Å². The summed E-state index contributed by atoms with van der Waals surface area (Å²) in [6, 6.07) is 12.8. The van der Waals surface area contributed by atoms with E-state index in [1.54, 1.807) is 11.8 Å². The lowest BCUT2D eigenvalue weighted by molar-refractivity contribution is 1.51. The van der Waals surface area contributed by atoms with Gasteiger partial charge >= 0.3 is 0 Å². The molecule has 0 amide bonds. The largest absolute Gasteiger partial charge is 0.120 e. The summed E-state index contributed by atoms with van der Waals surface area (Å²) in [5.41, 5.74) is 0. The molecule has 0 nitrogen and oxygen atoms in total. The molecule has 0 heterocycles. The quantitative estimate of drug-likeness (QED) is 0.507. The molecule has 0 aliphatic heterocycles. The van der Waals surface area contributed by atoms with E-state index in [9.17, 15) is 0 Å². The van der Waals surface area contributed by atoms with Crippen LogP contribution in [0.3, 0.4) is 0 Å². The van der Waals surface area contributed by atoms with Crippen molar-refractivity contribution in [1.29, 1.82) is 0 Å². The summed E-state index contributed by atoms with van der Waals surface area (Å²) in [6.45, 7) is 0. The van der Waals surface area contributed by atoms with E-state index in [1.807, 2.05) is 12.3 Å². The van der Waals surface area contributed by atoms with Crippen molar-refractivity contribution in [3.8, 4) is 0 Å². The van der Waals surface area contributed by atoms with Crippen molar-refractivity contribution < 1.29 is 0 Å². The molecule has 0 spiro atoms. The van der Waals surface area contributed by atoms with Crippen LogP contribution in [0.5, 0.6) is 0 Å². The number of thioether (sulfide) groups is 1. The summed E-state index contributed by atoms with van der Waals surface area (Å²) in [5.74, 6) is 0. The van der Waals surface area contributed by atoms with E-state index in [4.69, 9.17) is 0 Å². The molecule has 0 atom stereocenters. The molecule has 8 heavy (non-hydrogen) atoms. The van der Waals surface area contributed by atoms with Crippen LogP contribution in [0.15, 0.2) is 11.0 Å². The van der Waals surface area contributed by atoms with Gasteiger partial charge < -0.3 is 0 Å².